The second-order valence-corrected chi connectivity index (χ2v) is 10.7. The monoisotopic (exact) mass is 158 g/mol. The molecule has 1 heteroatoms. The molecule has 0 N–H and O–H groups in total. The lowest BCUT2D eigenvalue weighted by Crippen LogP contribution is -2.34. The molecule has 0 aromatic heterocycles. The first-order chi connectivity index (χ1) is 4.31. The largest absolute Gasteiger partial charge is 0.0692 e. The first kappa shape index (κ1) is 10.2. The van der Waals surface area contributed by atoms with Crippen LogP contribution in [0.5, 0.6) is 0 Å². The molecule has 0 aromatic rings. The van der Waals surface area contributed by atoms with Gasteiger partial charge in [-0.3, -0.25) is 0 Å². The van der Waals surface area contributed by atoms with Gasteiger partial charge in [0.2, 0.25) is 0 Å². The summed E-state index contributed by atoms with van der Waals surface area (Å²) in [7, 11) is -0.906. The summed E-state index contributed by atoms with van der Waals surface area (Å²) in [6.07, 6.45) is 2.72. The molecule has 0 rings (SSSR count). The zero-order chi connectivity index (χ0) is 8.41. The van der Waals surface area contributed by atoms with Crippen LogP contribution in [0.1, 0.15) is 33.6 Å². The highest BCUT2D eigenvalue weighted by Gasteiger charge is 2.33. The maximum atomic E-state index is 2.46. The Bertz CT molecular complexity index is 97.8. The van der Waals surface area contributed by atoms with Crippen LogP contribution in [0.15, 0.2) is 0 Å². The third kappa shape index (κ3) is 2.45. The fraction of sp³-hybridized carbons (Fsp3) is 1.00. The molecule has 0 saturated carbocycles. The molecule has 0 nitrogen and oxygen atoms in total. The van der Waals surface area contributed by atoms with Crippen molar-refractivity contribution in [3.05, 3.63) is 0 Å². The standard InChI is InChI=1S/C9H22Si/c1-7-8-9(2,3)10(4,5)6/h7-8H2,1-6H3. The average Bonchev–Trinajstić information content (AvgIpc) is 1.61. The van der Waals surface area contributed by atoms with E-state index in [1.165, 1.54) is 12.8 Å². The Kier molecular flexibility index (Phi) is 3.15. The van der Waals surface area contributed by atoms with Gasteiger partial charge in [-0.05, 0) is 5.04 Å². The quantitative estimate of drug-likeness (QED) is 0.546. The van der Waals surface area contributed by atoms with Crippen LogP contribution in [0.4, 0.5) is 0 Å². The van der Waals surface area contributed by atoms with Crippen molar-refractivity contribution in [3.63, 3.8) is 0 Å². The van der Waals surface area contributed by atoms with Gasteiger partial charge in [0.25, 0.3) is 0 Å². The van der Waals surface area contributed by atoms with E-state index in [-0.39, 0.29) is 0 Å². The lowest BCUT2D eigenvalue weighted by Gasteiger charge is -2.37. The molecule has 0 bridgehead atoms. The maximum Gasteiger partial charge on any atom is 0.0499 e. The minimum absolute atomic E-state index is 0.627. The third-order valence-corrected chi connectivity index (χ3v) is 7.22. The number of rotatable bonds is 3. The van der Waals surface area contributed by atoms with E-state index in [4.69, 9.17) is 0 Å². The molecule has 0 fully saturated rings. The van der Waals surface area contributed by atoms with Crippen LogP contribution in [-0.2, 0) is 0 Å². The summed E-state index contributed by atoms with van der Waals surface area (Å²) in [5.41, 5.74) is 0. The van der Waals surface area contributed by atoms with E-state index in [9.17, 15) is 0 Å². The van der Waals surface area contributed by atoms with Crippen molar-refractivity contribution in [3.8, 4) is 0 Å². The molecule has 62 valence electrons. The molecule has 0 aliphatic rings. The van der Waals surface area contributed by atoms with E-state index >= 15 is 0 Å². The third-order valence-electron chi connectivity index (χ3n) is 2.91. The molecular formula is C9H22Si. The van der Waals surface area contributed by atoms with Gasteiger partial charge in [0.05, 0.1) is 0 Å². The van der Waals surface area contributed by atoms with Crippen molar-refractivity contribution < 1.29 is 0 Å². The van der Waals surface area contributed by atoms with Crippen molar-refractivity contribution in [2.75, 3.05) is 0 Å². The number of hydrogen-bond donors (Lipinski definition) is 0. The van der Waals surface area contributed by atoms with Gasteiger partial charge < -0.3 is 0 Å². The second-order valence-electron chi connectivity index (χ2n) is 4.88. The van der Waals surface area contributed by atoms with E-state index < -0.39 is 8.07 Å². The van der Waals surface area contributed by atoms with Gasteiger partial charge in [-0.1, -0.05) is 53.3 Å². The summed E-state index contributed by atoms with van der Waals surface area (Å²) in [5.74, 6) is 0. The normalized spacial score (nSPS) is 13.8. The van der Waals surface area contributed by atoms with Crippen molar-refractivity contribution >= 4 is 8.07 Å². The van der Waals surface area contributed by atoms with Crippen LogP contribution in [0, 0.1) is 0 Å². The smallest absolute Gasteiger partial charge is 0.0499 e. The van der Waals surface area contributed by atoms with E-state index in [2.05, 4.69) is 40.4 Å². The summed E-state index contributed by atoms with van der Waals surface area (Å²) >= 11 is 0. The first-order valence-corrected chi connectivity index (χ1v) is 7.81. The maximum absolute atomic E-state index is 2.46. The van der Waals surface area contributed by atoms with Gasteiger partial charge in [-0.15, -0.1) is 0 Å². The molecule has 0 radical (unpaired) electrons. The summed E-state index contributed by atoms with van der Waals surface area (Å²) in [5, 5.41) is 0.627. The molecule has 0 unspecified atom stereocenters. The highest BCUT2D eigenvalue weighted by Crippen LogP contribution is 2.40. The van der Waals surface area contributed by atoms with Crippen LogP contribution in [0.2, 0.25) is 24.7 Å². The SMILES string of the molecule is CCCC(C)(C)[Si](C)(C)C. The van der Waals surface area contributed by atoms with Gasteiger partial charge in [0, 0.05) is 8.07 Å². The van der Waals surface area contributed by atoms with Gasteiger partial charge in [0.15, 0.2) is 0 Å². The molecule has 0 heterocycles. The fourth-order valence-electron chi connectivity index (χ4n) is 1.000. The highest BCUT2D eigenvalue weighted by molar-refractivity contribution is 6.78. The van der Waals surface area contributed by atoms with Gasteiger partial charge in [-0.25, -0.2) is 0 Å². The molecule has 0 saturated heterocycles. The Hall–Kier alpha value is 0.217. The average molecular weight is 158 g/mol. The van der Waals surface area contributed by atoms with E-state index in [1.54, 1.807) is 0 Å². The zero-order valence-corrected chi connectivity index (χ0v) is 9.41. The molecule has 10 heavy (non-hydrogen) atoms. The Morgan fingerprint density at radius 2 is 1.50 bits per heavy atom. The minimum Gasteiger partial charge on any atom is -0.0692 e. The second kappa shape index (κ2) is 3.08. The molecule has 0 spiro atoms. The lowest BCUT2D eigenvalue weighted by molar-refractivity contribution is 0.574. The predicted octanol–water partition coefficient (Wildman–Crippen LogP) is 3.90. The van der Waals surface area contributed by atoms with Crippen molar-refractivity contribution in [2.45, 2.75) is 58.3 Å². The summed E-state index contributed by atoms with van der Waals surface area (Å²) in [4.78, 5) is 0. The predicted molar refractivity (Wildman–Crippen MR) is 52.3 cm³/mol. The molecular weight excluding hydrogens is 136 g/mol. The summed E-state index contributed by atoms with van der Waals surface area (Å²) in [6, 6.07) is 0. The first-order valence-electron chi connectivity index (χ1n) is 4.31. The molecule has 0 aromatic carbocycles. The molecule has 0 atom stereocenters. The van der Waals surface area contributed by atoms with Crippen molar-refractivity contribution in [1.29, 1.82) is 0 Å². The van der Waals surface area contributed by atoms with Crippen LogP contribution >= 0.6 is 0 Å². The fourth-order valence-corrected chi connectivity index (χ4v) is 2.00. The molecule has 0 aliphatic carbocycles. The van der Waals surface area contributed by atoms with Gasteiger partial charge >= 0.3 is 0 Å². The van der Waals surface area contributed by atoms with Crippen molar-refractivity contribution in [1.82, 2.24) is 0 Å². The molecule has 0 amide bonds. The summed E-state index contributed by atoms with van der Waals surface area (Å²) in [6.45, 7) is 14.5. The minimum atomic E-state index is -0.906. The Morgan fingerprint density at radius 3 is 1.60 bits per heavy atom. The highest BCUT2D eigenvalue weighted by atomic mass is 28.3. The Balaban J connectivity index is 4.10. The van der Waals surface area contributed by atoms with Crippen LogP contribution in [0.3, 0.4) is 0 Å². The van der Waals surface area contributed by atoms with E-state index in [0.29, 0.717) is 5.04 Å². The Labute approximate surface area is 67.0 Å². The van der Waals surface area contributed by atoms with Crippen LogP contribution < -0.4 is 0 Å². The topological polar surface area (TPSA) is 0 Å². The van der Waals surface area contributed by atoms with E-state index in [1.807, 2.05) is 0 Å². The lowest BCUT2D eigenvalue weighted by atomic mass is 10.1. The van der Waals surface area contributed by atoms with Crippen LogP contribution in [-0.4, -0.2) is 8.07 Å². The van der Waals surface area contributed by atoms with Gasteiger partial charge in [-0.2, -0.15) is 0 Å². The van der Waals surface area contributed by atoms with E-state index in [0.717, 1.165) is 0 Å². The molecule has 0 aliphatic heterocycles. The summed E-state index contributed by atoms with van der Waals surface area (Å²) < 4.78 is 0. The zero-order valence-electron chi connectivity index (χ0n) is 8.41. The van der Waals surface area contributed by atoms with Crippen molar-refractivity contribution in [2.24, 2.45) is 0 Å². The number of hydrogen-bond acceptors (Lipinski definition) is 0. The van der Waals surface area contributed by atoms with Crippen LogP contribution in [0.25, 0.3) is 0 Å². The Morgan fingerprint density at radius 1 is 1.10 bits per heavy atom. The van der Waals surface area contributed by atoms with Gasteiger partial charge in [0.1, 0.15) is 0 Å².